The minimum absolute atomic E-state index is 0.152. The maximum absolute atomic E-state index is 6.01. The van der Waals surface area contributed by atoms with Crippen molar-refractivity contribution in [3.8, 4) is 0 Å². The molecule has 0 saturated heterocycles. The number of rotatable bonds is 2. The summed E-state index contributed by atoms with van der Waals surface area (Å²) in [5, 5.41) is 1.25. The summed E-state index contributed by atoms with van der Waals surface area (Å²) in [5.74, 6) is 0. The van der Waals surface area contributed by atoms with Crippen LogP contribution in [0.2, 0.25) is 0 Å². The number of hydrogen-bond acceptors (Lipinski definition) is 1. The standard InChI is InChI=1S/C11H14N2/c1-2-10(12)8-4-3-5-11-9(8)6-7-13-11/h3-7,10,13H,2,12H2,1H3/t10-/m1/s1. The van der Waals surface area contributed by atoms with Crippen LogP contribution in [0.5, 0.6) is 0 Å². The Morgan fingerprint density at radius 2 is 2.23 bits per heavy atom. The van der Waals surface area contributed by atoms with Gasteiger partial charge in [0.1, 0.15) is 0 Å². The Morgan fingerprint density at radius 3 is 3.00 bits per heavy atom. The molecule has 1 heterocycles. The van der Waals surface area contributed by atoms with Gasteiger partial charge in [-0.3, -0.25) is 0 Å². The largest absolute Gasteiger partial charge is 0.361 e. The predicted molar refractivity (Wildman–Crippen MR) is 55.5 cm³/mol. The molecule has 0 fully saturated rings. The molecule has 0 aliphatic rings. The molecule has 0 aliphatic heterocycles. The normalized spacial score (nSPS) is 13.4. The Kier molecular flexibility index (Phi) is 2.07. The zero-order valence-corrected chi connectivity index (χ0v) is 7.75. The molecule has 0 unspecified atom stereocenters. The van der Waals surface area contributed by atoms with Crippen LogP contribution in [0.3, 0.4) is 0 Å². The third-order valence-corrected chi connectivity index (χ3v) is 2.47. The Balaban J connectivity index is 2.60. The minimum Gasteiger partial charge on any atom is -0.361 e. The lowest BCUT2D eigenvalue weighted by Gasteiger charge is -2.09. The summed E-state index contributed by atoms with van der Waals surface area (Å²) in [6.07, 6.45) is 2.93. The van der Waals surface area contributed by atoms with Crippen molar-refractivity contribution < 1.29 is 0 Å². The van der Waals surface area contributed by atoms with Crippen LogP contribution in [0, 0.1) is 0 Å². The van der Waals surface area contributed by atoms with Crippen molar-refractivity contribution in [3.63, 3.8) is 0 Å². The number of nitrogens with one attached hydrogen (secondary N) is 1. The van der Waals surface area contributed by atoms with Gasteiger partial charge in [-0.05, 0) is 24.1 Å². The SMILES string of the molecule is CC[C@@H](N)c1cccc2[nH]ccc12. The second kappa shape index (κ2) is 3.23. The summed E-state index contributed by atoms with van der Waals surface area (Å²) in [5.41, 5.74) is 8.41. The van der Waals surface area contributed by atoms with Crippen LogP contribution in [0.4, 0.5) is 0 Å². The number of aromatic nitrogens is 1. The fourth-order valence-corrected chi connectivity index (χ4v) is 1.65. The van der Waals surface area contributed by atoms with E-state index in [1.165, 1.54) is 16.5 Å². The Morgan fingerprint density at radius 1 is 1.38 bits per heavy atom. The number of aromatic amines is 1. The average Bonchev–Trinajstić information content (AvgIpc) is 2.63. The summed E-state index contributed by atoms with van der Waals surface area (Å²) in [6.45, 7) is 2.11. The molecule has 0 bridgehead atoms. The lowest BCUT2D eigenvalue weighted by atomic mass is 10.0. The van der Waals surface area contributed by atoms with Crippen LogP contribution < -0.4 is 5.73 Å². The number of benzene rings is 1. The molecule has 0 saturated carbocycles. The van der Waals surface area contributed by atoms with E-state index in [0.29, 0.717) is 0 Å². The van der Waals surface area contributed by atoms with Gasteiger partial charge in [-0.15, -0.1) is 0 Å². The van der Waals surface area contributed by atoms with Crippen molar-refractivity contribution in [3.05, 3.63) is 36.0 Å². The van der Waals surface area contributed by atoms with Gasteiger partial charge in [-0.25, -0.2) is 0 Å². The number of nitrogens with two attached hydrogens (primary N) is 1. The van der Waals surface area contributed by atoms with E-state index in [0.717, 1.165) is 6.42 Å². The van der Waals surface area contributed by atoms with E-state index < -0.39 is 0 Å². The number of H-pyrrole nitrogens is 1. The van der Waals surface area contributed by atoms with E-state index in [1.807, 2.05) is 12.3 Å². The summed E-state index contributed by atoms with van der Waals surface area (Å²) < 4.78 is 0. The molecular weight excluding hydrogens is 160 g/mol. The summed E-state index contributed by atoms with van der Waals surface area (Å²) in [7, 11) is 0. The Labute approximate surface area is 77.8 Å². The first kappa shape index (κ1) is 8.32. The first-order valence-corrected chi connectivity index (χ1v) is 4.64. The van der Waals surface area contributed by atoms with Crippen LogP contribution in [0.25, 0.3) is 10.9 Å². The molecule has 68 valence electrons. The summed E-state index contributed by atoms with van der Waals surface area (Å²) >= 11 is 0. The number of fused-ring (bicyclic) bond motifs is 1. The minimum atomic E-state index is 0.152. The Bertz CT molecular complexity index is 403. The lowest BCUT2D eigenvalue weighted by molar-refractivity contribution is 0.704. The molecule has 1 atom stereocenters. The molecule has 1 aromatic carbocycles. The molecule has 2 rings (SSSR count). The van der Waals surface area contributed by atoms with Gasteiger partial charge in [-0.2, -0.15) is 0 Å². The van der Waals surface area contributed by atoms with E-state index in [1.54, 1.807) is 0 Å². The van der Waals surface area contributed by atoms with E-state index >= 15 is 0 Å². The summed E-state index contributed by atoms with van der Waals surface area (Å²) in [6, 6.07) is 8.45. The molecular formula is C11H14N2. The maximum atomic E-state index is 6.01. The second-order valence-electron chi connectivity index (χ2n) is 3.30. The molecule has 0 spiro atoms. The third-order valence-electron chi connectivity index (χ3n) is 2.47. The van der Waals surface area contributed by atoms with Crippen LogP contribution in [0.1, 0.15) is 24.9 Å². The zero-order chi connectivity index (χ0) is 9.26. The van der Waals surface area contributed by atoms with E-state index in [9.17, 15) is 0 Å². The average molecular weight is 174 g/mol. The van der Waals surface area contributed by atoms with Gasteiger partial charge >= 0.3 is 0 Å². The highest BCUT2D eigenvalue weighted by molar-refractivity contribution is 5.83. The predicted octanol–water partition coefficient (Wildman–Crippen LogP) is 2.58. The van der Waals surface area contributed by atoms with Crippen LogP contribution >= 0.6 is 0 Å². The van der Waals surface area contributed by atoms with Crippen LogP contribution in [0.15, 0.2) is 30.5 Å². The van der Waals surface area contributed by atoms with Gasteiger partial charge in [0, 0.05) is 23.1 Å². The Hall–Kier alpha value is -1.28. The summed E-state index contributed by atoms with van der Waals surface area (Å²) in [4.78, 5) is 3.18. The van der Waals surface area contributed by atoms with Gasteiger partial charge in [0.25, 0.3) is 0 Å². The maximum Gasteiger partial charge on any atom is 0.0457 e. The van der Waals surface area contributed by atoms with Gasteiger partial charge in [0.2, 0.25) is 0 Å². The quantitative estimate of drug-likeness (QED) is 0.722. The molecule has 0 amide bonds. The first-order chi connectivity index (χ1) is 6.33. The smallest absolute Gasteiger partial charge is 0.0457 e. The van der Waals surface area contributed by atoms with E-state index in [-0.39, 0.29) is 6.04 Å². The van der Waals surface area contributed by atoms with Crippen LogP contribution in [-0.2, 0) is 0 Å². The van der Waals surface area contributed by atoms with E-state index in [2.05, 4.69) is 30.1 Å². The van der Waals surface area contributed by atoms with Gasteiger partial charge < -0.3 is 10.7 Å². The lowest BCUT2D eigenvalue weighted by Crippen LogP contribution is -2.08. The van der Waals surface area contributed by atoms with Crippen molar-refractivity contribution in [1.29, 1.82) is 0 Å². The monoisotopic (exact) mass is 174 g/mol. The van der Waals surface area contributed by atoms with Crippen molar-refractivity contribution in [1.82, 2.24) is 4.98 Å². The van der Waals surface area contributed by atoms with Crippen molar-refractivity contribution in [2.24, 2.45) is 5.73 Å². The van der Waals surface area contributed by atoms with Crippen molar-refractivity contribution in [2.45, 2.75) is 19.4 Å². The fourth-order valence-electron chi connectivity index (χ4n) is 1.65. The zero-order valence-electron chi connectivity index (χ0n) is 7.75. The van der Waals surface area contributed by atoms with E-state index in [4.69, 9.17) is 5.73 Å². The van der Waals surface area contributed by atoms with Gasteiger partial charge in [0.15, 0.2) is 0 Å². The molecule has 0 aliphatic carbocycles. The molecule has 3 N–H and O–H groups in total. The molecule has 2 aromatic rings. The molecule has 2 heteroatoms. The van der Waals surface area contributed by atoms with Crippen LogP contribution in [-0.4, -0.2) is 4.98 Å². The molecule has 1 aromatic heterocycles. The fraction of sp³-hybridized carbons (Fsp3) is 0.273. The highest BCUT2D eigenvalue weighted by Gasteiger charge is 2.07. The highest BCUT2D eigenvalue weighted by atomic mass is 14.7. The number of hydrogen-bond donors (Lipinski definition) is 2. The second-order valence-corrected chi connectivity index (χ2v) is 3.30. The molecule has 2 nitrogen and oxygen atoms in total. The first-order valence-electron chi connectivity index (χ1n) is 4.64. The van der Waals surface area contributed by atoms with Gasteiger partial charge in [-0.1, -0.05) is 19.1 Å². The van der Waals surface area contributed by atoms with Gasteiger partial charge in [0.05, 0.1) is 0 Å². The molecule has 0 radical (unpaired) electrons. The van der Waals surface area contributed by atoms with Crippen molar-refractivity contribution in [2.75, 3.05) is 0 Å². The third kappa shape index (κ3) is 1.33. The topological polar surface area (TPSA) is 41.8 Å². The molecule has 13 heavy (non-hydrogen) atoms. The highest BCUT2D eigenvalue weighted by Crippen LogP contribution is 2.23. The van der Waals surface area contributed by atoms with Crippen molar-refractivity contribution >= 4 is 10.9 Å².